The topological polar surface area (TPSA) is 42.0 Å². The van der Waals surface area contributed by atoms with Crippen molar-refractivity contribution in [3.8, 4) is 0 Å². The lowest BCUT2D eigenvalue weighted by Crippen LogP contribution is -2.11. The molecule has 0 unspecified atom stereocenters. The van der Waals surface area contributed by atoms with Crippen LogP contribution >= 0.6 is 22.9 Å². The summed E-state index contributed by atoms with van der Waals surface area (Å²) in [5.41, 5.74) is 1.18. The minimum Gasteiger partial charge on any atom is -0.302 e. The maximum atomic E-state index is 11.5. The highest BCUT2D eigenvalue weighted by Crippen LogP contribution is 2.29. The van der Waals surface area contributed by atoms with Crippen LogP contribution in [0.4, 0.5) is 5.13 Å². The molecule has 1 aliphatic carbocycles. The standard InChI is InChI=1S/C11H15ClN2OS/c12-7-3-6-10(15)14-11-13-8-4-1-2-5-9(8)16-11/h1-7H2,(H,13,14,15). The molecule has 1 heterocycles. The third-order valence-electron chi connectivity index (χ3n) is 2.63. The minimum absolute atomic E-state index is 0.0201. The number of halogens is 1. The van der Waals surface area contributed by atoms with E-state index in [0.717, 1.165) is 24.4 Å². The Hall–Kier alpha value is -0.610. The first kappa shape index (κ1) is 11.9. The smallest absolute Gasteiger partial charge is 0.226 e. The number of rotatable bonds is 4. The van der Waals surface area contributed by atoms with Gasteiger partial charge in [-0.2, -0.15) is 0 Å². The number of thiazole rings is 1. The molecule has 0 aromatic carbocycles. The van der Waals surface area contributed by atoms with Crippen molar-refractivity contribution >= 4 is 34.0 Å². The van der Waals surface area contributed by atoms with Crippen LogP contribution in [-0.4, -0.2) is 16.8 Å². The summed E-state index contributed by atoms with van der Waals surface area (Å²) in [4.78, 5) is 17.3. The van der Waals surface area contributed by atoms with E-state index < -0.39 is 0 Å². The van der Waals surface area contributed by atoms with Gasteiger partial charge >= 0.3 is 0 Å². The second-order valence-electron chi connectivity index (χ2n) is 3.94. The van der Waals surface area contributed by atoms with Gasteiger partial charge in [-0.1, -0.05) is 0 Å². The van der Waals surface area contributed by atoms with E-state index in [-0.39, 0.29) is 5.91 Å². The summed E-state index contributed by atoms with van der Waals surface area (Å²) in [5.74, 6) is 0.550. The van der Waals surface area contributed by atoms with Gasteiger partial charge in [0.2, 0.25) is 5.91 Å². The van der Waals surface area contributed by atoms with Crippen molar-refractivity contribution in [2.45, 2.75) is 38.5 Å². The molecule has 0 saturated heterocycles. The molecule has 2 rings (SSSR count). The molecule has 0 aliphatic heterocycles. The van der Waals surface area contributed by atoms with Gasteiger partial charge in [0.1, 0.15) is 0 Å². The predicted molar refractivity (Wildman–Crippen MR) is 67.3 cm³/mol. The second kappa shape index (κ2) is 5.64. The van der Waals surface area contributed by atoms with Gasteiger partial charge in [-0.3, -0.25) is 4.79 Å². The number of nitrogens with one attached hydrogen (secondary N) is 1. The number of carbonyl (C=O) groups is 1. The number of fused-ring (bicyclic) bond motifs is 1. The number of hydrogen-bond acceptors (Lipinski definition) is 3. The molecule has 0 bridgehead atoms. The summed E-state index contributed by atoms with van der Waals surface area (Å²) >= 11 is 7.16. The fourth-order valence-corrected chi connectivity index (χ4v) is 3.01. The molecule has 1 amide bonds. The van der Waals surface area contributed by atoms with Crippen LogP contribution in [0.2, 0.25) is 0 Å². The van der Waals surface area contributed by atoms with Crippen LogP contribution in [-0.2, 0) is 17.6 Å². The lowest BCUT2D eigenvalue weighted by molar-refractivity contribution is -0.116. The monoisotopic (exact) mass is 258 g/mol. The molecule has 0 fully saturated rings. The molecule has 88 valence electrons. The molecule has 3 nitrogen and oxygen atoms in total. The van der Waals surface area contributed by atoms with E-state index in [1.807, 2.05) is 0 Å². The van der Waals surface area contributed by atoms with Crippen molar-refractivity contribution in [3.05, 3.63) is 10.6 Å². The molecule has 1 aromatic heterocycles. The Balaban J connectivity index is 1.94. The summed E-state index contributed by atoms with van der Waals surface area (Å²) in [6.45, 7) is 0. The van der Waals surface area contributed by atoms with E-state index in [4.69, 9.17) is 11.6 Å². The van der Waals surface area contributed by atoms with E-state index in [1.54, 1.807) is 11.3 Å². The Morgan fingerprint density at radius 3 is 3.00 bits per heavy atom. The van der Waals surface area contributed by atoms with Crippen molar-refractivity contribution in [2.24, 2.45) is 0 Å². The highest BCUT2D eigenvalue weighted by atomic mass is 35.5. The number of alkyl halides is 1. The largest absolute Gasteiger partial charge is 0.302 e. The highest BCUT2D eigenvalue weighted by molar-refractivity contribution is 7.15. The Morgan fingerprint density at radius 2 is 2.25 bits per heavy atom. The fraction of sp³-hybridized carbons (Fsp3) is 0.636. The lowest BCUT2D eigenvalue weighted by Gasteiger charge is -2.06. The lowest BCUT2D eigenvalue weighted by atomic mass is 10.0. The highest BCUT2D eigenvalue weighted by Gasteiger charge is 2.15. The minimum atomic E-state index is 0.0201. The molecule has 1 aliphatic rings. The molecule has 1 N–H and O–H groups in total. The van der Waals surface area contributed by atoms with E-state index in [9.17, 15) is 4.79 Å². The van der Waals surface area contributed by atoms with Crippen molar-refractivity contribution < 1.29 is 4.79 Å². The maximum absolute atomic E-state index is 11.5. The van der Waals surface area contributed by atoms with Crippen molar-refractivity contribution in [1.82, 2.24) is 4.98 Å². The first-order valence-electron chi connectivity index (χ1n) is 5.64. The number of amides is 1. The predicted octanol–water partition coefficient (Wildman–Crippen LogP) is 2.98. The third-order valence-corrected chi connectivity index (χ3v) is 3.97. The summed E-state index contributed by atoms with van der Waals surface area (Å²) in [6, 6.07) is 0. The van der Waals surface area contributed by atoms with Crippen molar-refractivity contribution in [1.29, 1.82) is 0 Å². The summed E-state index contributed by atoms with van der Waals surface area (Å²) in [7, 11) is 0. The molecular weight excluding hydrogens is 244 g/mol. The van der Waals surface area contributed by atoms with Gasteiger partial charge in [0.05, 0.1) is 5.69 Å². The van der Waals surface area contributed by atoms with E-state index >= 15 is 0 Å². The van der Waals surface area contributed by atoms with E-state index in [0.29, 0.717) is 12.3 Å². The number of carbonyl (C=O) groups excluding carboxylic acids is 1. The quantitative estimate of drug-likeness (QED) is 0.844. The van der Waals surface area contributed by atoms with Crippen molar-refractivity contribution in [3.63, 3.8) is 0 Å². The molecule has 0 radical (unpaired) electrons. The molecule has 0 spiro atoms. The first-order chi connectivity index (χ1) is 7.79. The van der Waals surface area contributed by atoms with Crippen LogP contribution in [0.1, 0.15) is 36.3 Å². The van der Waals surface area contributed by atoms with Crippen LogP contribution < -0.4 is 5.32 Å². The zero-order chi connectivity index (χ0) is 11.4. The SMILES string of the molecule is O=C(CCCCl)Nc1nc2c(s1)CCCC2. The second-order valence-corrected chi connectivity index (χ2v) is 5.40. The Labute approximate surface area is 104 Å². The van der Waals surface area contributed by atoms with E-state index in [2.05, 4.69) is 10.3 Å². The average molecular weight is 259 g/mol. The van der Waals surface area contributed by atoms with Crippen LogP contribution in [0.25, 0.3) is 0 Å². The maximum Gasteiger partial charge on any atom is 0.226 e. The Morgan fingerprint density at radius 1 is 1.44 bits per heavy atom. The number of aromatic nitrogens is 1. The Kier molecular flexibility index (Phi) is 4.18. The third kappa shape index (κ3) is 2.95. The van der Waals surface area contributed by atoms with Gasteiger partial charge in [0.15, 0.2) is 5.13 Å². The van der Waals surface area contributed by atoms with Crippen molar-refractivity contribution in [2.75, 3.05) is 11.2 Å². The zero-order valence-corrected chi connectivity index (χ0v) is 10.7. The molecule has 0 saturated carbocycles. The molecule has 0 atom stereocenters. The van der Waals surface area contributed by atoms with Crippen LogP contribution in [0, 0.1) is 0 Å². The zero-order valence-electron chi connectivity index (χ0n) is 9.09. The molecule has 16 heavy (non-hydrogen) atoms. The van der Waals surface area contributed by atoms with Gasteiger partial charge < -0.3 is 5.32 Å². The number of aryl methyl sites for hydroxylation is 2. The van der Waals surface area contributed by atoms with Crippen LogP contribution in [0.15, 0.2) is 0 Å². The number of hydrogen-bond donors (Lipinski definition) is 1. The van der Waals surface area contributed by atoms with Gasteiger partial charge in [-0.05, 0) is 32.1 Å². The summed E-state index contributed by atoms with van der Waals surface area (Å²) in [6.07, 6.45) is 5.84. The van der Waals surface area contributed by atoms with Gasteiger partial charge in [-0.15, -0.1) is 22.9 Å². The normalized spacial score (nSPS) is 14.6. The molecule has 5 heteroatoms. The molecule has 1 aromatic rings. The molecular formula is C11H15ClN2OS. The first-order valence-corrected chi connectivity index (χ1v) is 6.99. The number of nitrogens with zero attached hydrogens (tertiary/aromatic N) is 1. The van der Waals surface area contributed by atoms with Crippen LogP contribution in [0.3, 0.4) is 0 Å². The summed E-state index contributed by atoms with van der Waals surface area (Å²) in [5, 5.41) is 3.60. The van der Waals surface area contributed by atoms with Gasteiger partial charge in [0, 0.05) is 17.2 Å². The van der Waals surface area contributed by atoms with Crippen LogP contribution in [0.5, 0.6) is 0 Å². The van der Waals surface area contributed by atoms with Gasteiger partial charge in [-0.25, -0.2) is 4.98 Å². The summed E-state index contributed by atoms with van der Waals surface area (Å²) < 4.78 is 0. The average Bonchev–Trinajstić information content (AvgIpc) is 2.68. The Bertz CT molecular complexity index is 355. The van der Waals surface area contributed by atoms with E-state index in [1.165, 1.54) is 23.4 Å². The fourth-order valence-electron chi connectivity index (χ4n) is 1.81. The number of anilines is 1. The van der Waals surface area contributed by atoms with Gasteiger partial charge in [0.25, 0.3) is 0 Å².